The molecule has 0 fully saturated rings. The molecule has 0 aliphatic heterocycles. The second-order valence-electron chi connectivity index (χ2n) is 6.02. The van der Waals surface area contributed by atoms with E-state index in [0.29, 0.717) is 21.9 Å². The molecular weight excluding hydrogens is 348 g/mol. The first-order valence-electron chi connectivity index (χ1n) is 8.14. The van der Waals surface area contributed by atoms with Gasteiger partial charge in [-0.25, -0.2) is 0 Å². The van der Waals surface area contributed by atoms with Crippen molar-refractivity contribution < 1.29 is 9.32 Å². The Balaban J connectivity index is 1.71. The van der Waals surface area contributed by atoms with Gasteiger partial charge in [-0.05, 0) is 61.0 Å². The van der Waals surface area contributed by atoms with Crippen molar-refractivity contribution in [2.24, 2.45) is 0 Å². The van der Waals surface area contributed by atoms with Gasteiger partial charge in [0.1, 0.15) is 5.52 Å². The second kappa shape index (κ2) is 6.65. The molecule has 0 saturated carbocycles. The third kappa shape index (κ3) is 3.07. The lowest BCUT2D eigenvalue weighted by atomic mass is 10.1. The molecule has 4 nitrogen and oxygen atoms in total. The van der Waals surface area contributed by atoms with E-state index in [4.69, 9.17) is 16.1 Å². The van der Waals surface area contributed by atoms with E-state index in [9.17, 15) is 4.79 Å². The predicted octanol–water partition coefficient (Wildman–Crippen LogP) is 5.71. The molecule has 1 amide bonds. The van der Waals surface area contributed by atoms with Crippen LogP contribution in [0.2, 0.25) is 5.02 Å². The van der Waals surface area contributed by atoms with Crippen molar-refractivity contribution in [3.05, 3.63) is 82.9 Å². The van der Waals surface area contributed by atoms with Crippen LogP contribution in [0.5, 0.6) is 0 Å². The first-order chi connectivity index (χ1) is 12.6. The minimum Gasteiger partial charge on any atom is -0.355 e. The number of carbonyl (C=O) groups is 1. The lowest BCUT2D eigenvalue weighted by molar-refractivity contribution is 0.102. The van der Waals surface area contributed by atoms with Crippen molar-refractivity contribution in [2.45, 2.75) is 6.92 Å². The fourth-order valence-electron chi connectivity index (χ4n) is 2.80. The molecule has 0 unspecified atom stereocenters. The summed E-state index contributed by atoms with van der Waals surface area (Å²) in [4.78, 5) is 12.6. The molecule has 26 heavy (non-hydrogen) atoms. The number of hydrogen-bond acceptors (Lipinski definition) is 3. The number of fused-ring (bicyclic) bond motifs is 1. The van der Waals surface area contributed by atoms with E-state index < -0.39 is 0 Å². The van der Waals surface area contributed by atoms with E-state index in [0.717, 1.165) is 22.2 Å². The average Bonchev–Trinajstić information content (AvgIpc) is 3.07. The summed E-state index contributed by atoms with van der Waals surface area (Å²) in [6, 6.07) is 20.3. The average molecular weight is 363 g/mol. The molecule has 3 aromatic carbocycles. The third-order valence-electron chi connectivity index (χ3n) is 4.24. The summed E-state index contributed by atoms with van der Waals surface area (Å²) in [6.07, 6.45) is 0. The highest BCUT2D eigenvalue weighted by Crippen LogP contribution is 2.30. The normalized spacial score (nSPS) is 10.8. The van der Waals surface area contributed by atoms with Gasteiger partial charge in [-0.1, -0.05) is 35.0 Å². The maximum absolute atomic E-state index is 12.6. The maximum Gasteiger partial charge on any atom is 0.255 e. The van der Waals surface area contributed by atoms with Gasteiger partial charge in [0.2, 0.25) is 0 Å². The Kier molecular flexibility index (Phi) is 4.19. The summed E-state index contributed by atoms with van der Waals surface area (Å²) < 4.78 is 5.49. The molecule has 0 spiro atoms. The third-order valence-corrected chi connectivity index (χ3v) is 4.49. The molecule has 0 bridgehead atoms. The monoisotopic (exact) mass is 362 g/mol. The van der Waals surface area contributed by atoms with Gasteiger partial charge in [-0.15, -0.1) is 0 Å². The Labute approximate surface area is 155 Å². The Morgan fingerprint density at radius 3 is 2.58 bits per heavy atom. The molecule has 1 aromatic heterocycles. The number of amides is 1. The summed E-state index contributed by atoms with van der Waals surface area (Å²) in [6.45, 7) is 1.96. The first kappa shape index (κ1) is 16.4. The number of hydrogen-bond donors (Lipinski definition) is 1. The van der Waals surface area contributed by atoms with Crippen LogP contribution in [0, 0.1) is 6.92 Å². The van der Waals surface area contributed by atoms with Crippen molar-refractivity contribution in [2.75, 3.05) is 5.32 Å². The summed E-state index contributed by atoms with van der Waals surface area (Å²) in [5.41, 5.74) is 3.89. The fourth-order valence-corrected chi connectivity index (χ4v) is 2.93. The molecular formula is C21H15ClN2O2. The Morgan fingerprint density at radius 1 is 1.04 bits per heavy atom. The largest absolute Gasteiger partial charge is 0.355 e. The molecule has 4 aromatic rings. The van der Waals surface area contributed by atoms with Crippen molar-refractivity contribution in [1.82, 2.24) is 5.16 Å². The van der Waals surface area contributed by atoms with Gasteiger partial charge in [0.05, 0.1) is 5.39 Å². The number of nitrogens with zero attached hydrogens (tertiary/aromatic N) is 1. The topological polar surface area (TPSA) is 55.1 Å². The molecule has 0 aliphatic rings. The molecule has 0 radical (unpaired) electrons. The summed E-state index contributed by atoms with van der Waals surface area (Å²) >= 11 is 5.95. The number of benzene rings is 3. The molecule has 128 valence electrons. The number of nitrogens with one attached hydrogen (secondary N) is 1. The van der Waals surface area contributed by atoms with Crippen molar-refractivity contribution >= 4 is 34.1 Å². The quantitative estimate of drug-likeness (QED) is 0.508. The highest BCUT2D eigenvalue weighted by Gasteiger charge is 2.14. The molecule has 5 heteroatoms. The molecule has 1 heterocycles. The number of para-hydroxylation sites is 1. The van der Waals surface area contributed by atoms with Crippen molar-refractivity contribution in [1.29, 1.82) is 0 Å². The number of carbonyl (C=O) groups excluding carboxylic acids is 1. The number of aromatic nitrogens is 1. The SMILES string of the molecule is Cc1ccccc1NC(=O)c1ccc2noc(-c3ccc(Cl)cc3)c2c1. The van der Waals surface area contributed by atoms with Gasteiger partial charge < -0.3 is 9.84 Å². The lowest BCUT2D eigenvalue weighted by Gasteiger charge is -2.08. The highest BCUT2D eigenvalue weighted by molar-refractivity contribution is 6.30. The van der Waals surface area contributed by atoms with Gasteiger partial charge in [0.25, 0.3) is 5.91 Å². The lowest BCUT2D eigenvalue weighted by Crippen LogP contribution is -2.12. The molecule has 4 rings (SSSR count). The zero-order chi connectivity index (χ0) is 18.1. The van der Waals surface area contributed by atoms with E-state index in [2.05, 4.69) is 10.5 Å². The molecule has 0 saturated heterocycles. The summed E-state index contributed by atoms with van der Waals surface area (Å²) in [5, 5.41) is 8.45. The van der Waals surface area contributed by atoms with E-state index in [1.807, 2.05) is 43.3 Å². The van der Waals surface area contributed by atoms with Gasteiger partial charge in [0.15, 0.2) is 5.76 Å². The Hall–Kier alpha value is -3.11. The van der Waals surface area contributed by atoms with Gasteiger partial charge >= 0.3 is 0 Å². The minimum absolute atomic E-state index is 0.176. The zero-order valence-corrected chi connectivity index (χ0v) is 14.7. The van der Waals surface area contributed by atoms with E-state index in [1.165, 1.54) is 0 Å². The first-order valence-corrected chi connectivity index (χ1v) is 8.52. The predicted molar refractivity (Wildman–Crippen MR) is 104 cm³/mol. The van der Waals surface area contributed by atoms with E-state index in [-0.39, 0.29) is 5.91 Å². The van der Waals surface area contributed by atoms with Crippen molar-refractivity contribution in [3.8, 4) is 11.3 Å². The molecule has 0 atom stereocenters. The van der Waals surface area contributed by atoms with Crippen LogP contribution in [-0.2, 0) is 0 Å². The van der Waals surface area contributed by atoms with Crippen LogP contribution in [0.4, 0.5) is 5.69 Å². The van der Waals surface area contributed by atoms with Crippen LogP contribution >= 0.6 is 11.6 Å². The smallest absolute Gasteiger partial charge is 0.255 e. The number of halogens is 1. The number of aryl methyl sites for hydroxylation is 1. The summed E-state index contributed by atoms with van der Waals surface area (Å²) in [7, 11) is 0. The van der Waals surface area contributed by atoms with Gasteiger partial charge in [0, 0.05) is 21.8 Å². The maximum atomic E-state index is 12.6. The van der Waals surface area contributed by atoms with E-state index in [1.54, 1.807) is 30.3 Å². The Bertz CT molecular complexity index is 1100. The van der Waals surface area contributed by atoms with Crippen LogP contribution < -0.4 is 5.32 Å². The fraction of sp³-hybridized carbons (Fsp3) is 0.0476. The van der Waals surface area contributed by atoms with Crippen LogP contribution in [-0.4, -0.2) is 11.1 Å². The van der Waals surface area contributed by atoms with Gasteiger partial charge in [-0.3, -0.25) is 4.79 Å². The van der Waals surface area contributed by atoms with E-state index >= 15 is 0 Å². The minimum atomic E-state index is -0.176. The second-order valence-corrected chi connectivity index (χ2v) is 6.46. The van der Waals surface area contributed by atoms with Crippen molar-refractivity contribution in [3.63, 3.8) is 0 Å². The highest BCUT2D eigenvalue weighted by atomic mass is 35.5. The summed E-state index contributed by atoms with van der Waals surface area (Å²) in [5.74, 6) is 0.437. The van der Waals surface area contributed by atoms with Gasteiger partial charge in [-0.2, -0.15) is 0 Å². The number of rotatable bonds is 3. The molecule has 1 N–H and O–H groups in total. The van der Waals surface area contributed by atoms with Crippen LogP contribution in [0.15, 0.2) is 71.3 Å². The molecule has 0 aliphatic carbocycles. The van der Waals surface area contributed by atoms with Crippen LogP contribution in [0.25, 0.3) is 22.2 Å². The zero-order valence-electron chi connectivity index (χ0n) is 14.0. The standard InChI is InChI=1S/C21H15ClN2O2/c1-13-4-2-3-5-18(13)23-21(25)15-8-11-19-17(12-15)20(26-24-19)14-6-9-16(22)10-7-14/h2-12H,1H3,(H,23,25). The van der Waals surface area contributed by atoms with Crippen LogP contribution in [0.3, 0.4) is 0 Å². The Morgan fingerprint density at radius 2 is 1.81 bits per heavy atom. The number of anilines is 1. The van der Waals surface area contributed by atoms with Crippen LogP contribution in [0.1, 0.15) is 15.9 Å².